The van der Waals surface area contributed by atoms with Gasteiger partial charge in [0, 0.05) is 12.1 Å². The molecule has 3 N–H and O–H groups in total. The van der Waals surface area contributed by atoms with Gasteiger partial charge in [-0.15, -0.1) is 0 Å². The Morgan fingerprint density at radius 3 is 2.58 bits per heavy atom. The first-order chi connectivity index (χ1) is 5.65. The summed E-state index contributed by atoms with van der Waals surface area (Å²) < 4.78 is 24.0. The van der Waals surface area contributed by atoms with Crippen LogP contribution in [0.1, 0.15) is 17.7 Å². The second kappa shape index (κ2) is 3.44. The molecule has 0 aliphatic heterocycles. The van der Waals surface area contributed by atoms with Gasteiger partial charge in [0.25, 0.3) is 12.0 Å². The molecule has 0 aliphatic carbocycles. The van der Waals surface area contributed by atoms with Gasteiger partial charge in [-0.1, -0.05) is 6.07 Å². The lowest BCUT2D eigenvalue weighted by atomic mass is 10.2. The molecule has 0 fully saturated rings. The van der Waals surface area contributed by atoms with Crippen molar-refractivity contribution < 1.29 is 8.78 Å². The molecule has 0 amide bonds. The zero-order chi connectivity index (χ0) is 9.14. The van der Waals surface area contributed by atoms with Crippen LogP contribution in [0.15, 0.2) is 16.9 Å². The molecule has 1 aromatic heterocycles. The average molecular weight is 174 g/mol. The fraction of sp³-hybridized carbons (Fsp3) is 0.286. The van der Waals surface area contributed by atoms with E-state index in [1.807, 2.05) is 4.98 Å². The van der Waals surface area contributed by atoms with Crippen molar-refractivity contribution in [1.82, 2.24) is 4.98 Å². The number of rotatable bonds is 2. The van der Waals surface area contributed by atoms with Crippen LogP contribution in [0.5, 0.6) is 0 Å². The molecular weight excluding hydrogens is 166 g/mol. The normalized spacial score (nSPS) is 10.7. The monoisotopic (exact) mass is 174 g/mol. The predicted molar refractivity (Wildman–Crippen MR) is 39.9 cm³/mol. The number of alkyl halides is 2. The third-order valence-electron chi connectivity index (χ3n) is 1.47. The molecule has 5 heteroatoms. The summed E-state index contributed by atoms with van der Waals surface area (Å²) >= 11 is 0. The third-order valence-corrected chi connectivity index (χ3v) is 1.47. The number of pyridine rings is 1. The first-order valence-corrected chi connectivity index (χ1v) is 3.35. The quantitative estimate of drug-likeness (QED) is 0.695. The number of hydrogen-bond donors (Lipinski definition) is 2. The number of hydrogen-bond acceptors (Lipinski definition) is 2. The first-order valence-electron chi connectivity index (χ1n) is 3.35. The van der Waals surface area contributed by atoms with Crippen molar-refractivity contribution >= 4 is 0 Å². The Balaban J connectivity index is 3.11. The van der Waals surface area contributed by atoms with E-state index < -0.39 is 12.0 Å². The zero-order valence-electron chi connectivity index (χ0n) is 6.18. The van der Waals surface area contributed by atoms with Crippen molar-refractivity contribution in [3.63, 3.8) is 0 Å². The molecule has 0 atom stereocenters. The van der Waals surface area contributed by atoms with Crippen LogP contribution in [0.25, 0.3) is 0 Å². The summed E-state index contributed by atoms with van der Waals surface area (Å²) in [7, 11) is 0. The van der Waals surface area contributed by atoms with Gasteiger partial charge in [-0.05, 0) is 6.07 Å². The summed E-state index contributed by atoms with van der Waals surface area (Å²) in [4.78, 5) is 12.9. The van der Waals surface area contributed by atoms with Gasteiger partial charge < -0.3 is 10.7 Å². The fourth-order valence-corrected chi connectivity index (χ4v) is 0.807. The smallest absolute Gasteiger partial charge is 0.278 e. The van der Waals surface area contributed by atoms with E-state index in [0.29, 0.717) is 5.56 Å². The Morgan fingerprint density at radius 2 is 2.17 bits per heavy atom. The molecule has 0 spiro atoms. The Morgan fingerprint density at radius 1 is 1.50 bits per heavy atom. The predicted octanol–water partition coefficient (Wildman–Crippen LogP) is 0.771. The number of aromatic amines is 1. The highest BCUT2D eigenvalue weighted by atomic mass is 19.3. The van der Waals surface area contributed by atoms with Crippen molar-refractivity contribution in [3.05, 3.63) is 33.7 Å². The van der Waals surface area contributed by atoms with E-state index in [4.69, 9.17) is 5.73 Å². The van der Waals surface area contributed by atoms with Gasteiger partial charge >= 0.3 is 0 Å². The Kier molecular flexibility index (Phi) is 2.54. The maximum absolute atomic E-state index is 12.0. The molecule has 12 heavy (non-hydrogen) atoms. The number of nitrogens with two attached hydrogens (primary N) is 1. The average Bonchev–Trinajstić information content (AvgIpc) is 2.04. The Labute approximate surface area is 67.2 Å². The standard InChI is InChI=1S/C7H8F2N2O/c8-6(9)5-2-1-4(3-10)7(12)11-5/h1-2,6H,3,10H2,(H,11,12). The minimum atomic E-state index is -2.65. The third kappa shape index (κ3) is 1.68. The lowest BCUT2D eigenvalue weighted by Crippen LogP contribution is -2.17. The van der Waals surface area contributed by atoms with Crippen molar-refractivity contribution in [2.24, 2.45) is 5.73 Å². The number of nitrogens with one attached hydrogen (secondary N) is 1. The molecule has 1 aromatic rings. The lowest BCUT2D eigenvalue weighted by Gasteiger charge is -1.99. The Hall–Kier alpha value is -1.23. The second-order valence-corrected chi connectivity index (χ2v) is 2.27. The highest BCUT2D eigenvalue weighted by Gasteiger charge is 2.08. The highest BCUT2D eigenvalue weighted by Crippen LogP contribution is 2.13. The topological polar surface area (TPSA) is 58.9 Å². The molecule has 0 bridgehead atoms. The summed E-state index contributed by atoms with van der Waals surface area (Å²) in [5.74, 6) is 0. The summed E-state index contributed by atoms with van der Waals surface area (Å²) in [6.07, 6.45) is -2.65. The van der Waals surface area contributed by atoms with Crippen LogP contribution in [0.3, 0.4) is 0 Å². The first kappa shape index (κ1) is 8.86. The molecule has 0 aliphatic rings. The highest BCUT2D eigenvalue weighted by molar-refractivity contribution is 5.14. The summed E-state index contributed by atoms with van der Waals surface area (Å²) in [6.45, 7) is 0.0544. The SMILES string of the molecule is NCc1ccc(C(F)F)[nH]c1=O. The molecule has 3 nitrogen and oxygen atoms in total. The van der Waals surface area contributed by atoms with Gasteiger partial charge in [0.2, 0.25) is 0 Å². The molecule has 1 heterocycles. The van der Waals surface area contributed by atoms with Gasteiger partial charge in [-0.3, -0.25) is 4.79 Å². The van der Waals surface area contributed by atoms with Crippen LogP contribution < -0.4 is 11.3 Å². The van der Waals surface area contributed by atoms with E-state index in [1.54, 1.807) is 0 Å². The van der Waals surface area contributed by atoms with Crippen molar-refractivity contribution in [2.75, 3.05) is 0 Å². The van der Waals surface area contributed by atoms with E-state index >= 15 is 0 Å². The maximum Gasteiger partial charge on any atom is 0.278 e. The fourth-order valence-electron chi connectivity index (χ4n) is 0.807. The minimum absolute atomic E-state index is 0.0544. The van der Waals surface area contributed by atoms with E-state index in [1.165, 1.54) is 6.07 Å². The van der Waals surface area contributed by atoms with Crippen molar-refractivity contribution in [2.45, 2.75) is 13.0 Å². The van der Waals surface area contributed by atoms with Gasteiger partial charge in [-0.25, -0.2) is 8.78 Å². The maximum atomic E-state index is 12.0. The lowest BCUT2D eigenvalue weighted by molar-refractivity contribution is 0.145. The molecule has 0 aromatic carbocycles. The summed E-state index contributed by atoms with van der Waals surface area (Å²) in [6, 6.07) is 2.47. The van der Waals surface area contributed by atoms with Crippen LogP contribution in [0.4, 0.5) is 8.78 Å². The van der Waals surface area contributed by atoms with Gasteiger partial charge in [0.1, 0.15) is 0 Å². The number of halogens is 2. The van der Waals surface area contributed by atoms with E-state index in [9.17, 15) is 13.6 Å². The van der Waals surface area contributed by atoms with Crippen LogP contribution in [-0.4, -0.2) is 4.98 Å². The largest absolute Gasteiger partial charge is 0.326 e. The molecule has 1 rings (SSSR count). The molecule has 0 radical (unpaired) electrons. The Bertz CT molecular complexity index is 321. The second-order valence-electron chi connectivity index (χ2n) is 2.27. The van der Waals surface area contributed by atoms with Crippen molar-refractivity contribution in [1.29, 1.82) is 0 Å². The van der Waals surface area contributed by atoms with Crippen LogP contribution in [0, 0.1) is 0 Å². The zero-order valence-corrected chi connectivity index (χ0v) is 6.18. The molecular formula is C7H8F2N2O. The van der Waals surface area contributed by atoms with Gasteiger partial charge in [0.15, 0.2) is 0 Å². The van der Waals surface area contributed by atoms with E-state index in [-0.39, 0.29) is 12.2 Å². The van der Waals surface area contributed by atoms with Crippen molar-refractivity contribution in [3.8, 4) is 0 Å². The van der Waals surface area contributed by atoms with E-state index in [2.05, 4.69) is 0 Å². The minimum Gasteiger partial charge on any atom is -0.326 e. The number of H-pyrrole nitrogens is 1. The molecule has 0 saturated heterocycles. The van der Waals surface area contributed by atoms with Crippen LogP contribution >= 0.6 is 0 Å². The molecule has 0 saturated carbocycles. The molecule has 0 unspecified atom stereocenters. The van der Waals surface area contributed by atoms with Gasteiger partial charge in [0.05, 0.1) is 5.69 Å². The van der Waals surface area contributed by atoms with E-state index in [0.717, 1.165) is 6.07 Å². The summed E-state index contributed by atoms with van der Waals surface area (Å²) in [5, 5.41) is 0. The summed E-state index contributed by atoms with van der Waals surface area (Å²) in [5.41, 5.74) is 4.55. The van der Waals surface area contributed by atoms with Crippen LogP contribution in [-0.2, 0) is 6.54 Å². The van der Waals surface area contributed by atoms with Gasteiger partial charge in [-0.2, -0.15) is 0 Å². The molecule has 66 valence electrons. The number of aromatic nitrogens is 1. The van der Waals surface area contributed by atoms with Crippen LogP contribution in [0.2, 0.25) is 0 Å².